The van der Waals surface area contributed by atoms with Gasteiger partial charge in [0.15, 0.2) is 0 Å². The quantitative estimate of drug-likeness (QED) is 0.232. The highest BCUT2D eigenvalue weighted by molar-refractivity contribution is 5.42. The lowest BCUT2D eigenvalue weighted by Gasteiger charge is -2.40. The van der Waals surface area contributed by atoms with Crippen molar-refractivity contribution in [2.24, 2.45) is 17.8 Å². The van der Waals surface area contributed by atoms with Gasteiger partial charge < -0.3 is 34.6 Å². The summed E-state index contributed by atoms with van der Waals surface area (Å²) in [6, 6.07) is 5.53. The lowest BCUT2D eigenvalue weighted by molar-refractivity contribution is -0.277. The van der Waals surface area contributed by atoms with Crippen molar-refractivity contribution in [1.82, 2.24) is 0 Å². The molecule has 0 radical (unpaired) electrons. The van der Waals surface area contributed by atoms with Crippen LogP contribution in [-0.2, 0) is 11.2 Å². The third kappa shape index (κ3) is 9.60. The first-order valence-electron chi connectivity index (χ1n) is 15.3. The molecule has 2 heterocycles. The predicted octanol–water partition coefficient (Wildman–Crippen LogP) is 5.39. The van der Waals surface area contributed by atoms with Gasteiger partial charge in [0.25, 0.3) is 0 Å². The SMILES string of the molecule is CC(C)CCC[C@@H](C)CCC[C@@H](C)CCC[C@]1(C)CCc2cc(O[C@H]3O[C@H](CO)[C@@H](O)[C@H](O)[C@@H]3O)ccc2O1. The van der Waals surface area contributed by atoms with Crippen LogP contribution < -0.4 is 9.47 Å². The summed E-state index contributed by atoms with van der Waals surface area (Å²) in [4.78, 5) is 0. The van der Waals surface area contributed by atoms with E-state index in [0.717, 1.165) is 54.7 Å². The minimum Gasteiger partial charge on any atom is -0.487 e. The van der Waals surface area contributed by atoms with Gasteiger partial charge in [-0.05, 0) is 74.1 Å². The molecular weight excluding hydrogens is 496 g/mol. The number of hydrogen-bond acceptors (Lipinski definition) is 7. The topological polar surface area (TPSA) is 109 Å². The Morgan fingerprint density at radius 3 is 2.18 bits per heavy atom. The van der Waals surface area contributed by atoms with Gasteiger partial charge in [-0.15, -0.1) is 0 Å². The van der Waals surface area contributed by atoms with Gasteiger partial charge in [-0.2, -0.15) is 0 Å². The Hall–Kier alpha value is -1.38. The van der Waals surface area contributed by atoms with Crippen molar-refractivity contribution in [2.45, 2.75) is 142 Å². The fourth-order valence-electron chi connectivity index (χ4n) is 5.92. The second kappa shape index (κ2) is 15.0. The molecule has 224 valence electrons. The molecule has 39 heavy (non-hydrogen) atoms. The first kappa shape index (κ1) is 32.1. The number of fused-ring (bicyclic) bond motifs is 1. The Labute approximate surface area is 235 Å². The molecule has 0 amide bonds. The van der Waals surface area contributed by atoms with E-state index in [4.69, 9.17) is 14.2 Å². The van der Waals surface area contributed by atoms with Crippen molar-refractivity contribution in [1.29, 1.82) is 0 Å². The maximum atomic E-state index is 10.3. The lowest BCUT2D eigenvalue weighted by Crippen LogP contribution is -2.60. The first-order chi connectivity index (χ1) is 18.5. The second-order valence-electron chi connectivity index (χ2n) is 13.0. The summed E-state index contributed by atoms with van der Waals surface area (Å²) in [5.41, 5.74) is 0.850. The molecule has 0 aromatic heterocycles. The Morgan fingerprint density at radius 1 is 0.897 bits per heavy atom. The Morgan fingerprint density at radius 2 is 1.54 bits per heavy atom. The van der Waals surface area contributed by atoms with Crippen LogP contribution in [-0.4, -0.2) is 63.3 Å². The molecule has 7 nitrogen and oxygen atoms in total. The normalized spacial score (nSPS) is 30.5. The van der Waals surface area contributed by atoms with E-state index >= 15 is 0 Å². The van der Waals surface area contributed by atoms with Crippen LogP contribution in [0.1, 0.15) is 104 Å². The predicted molar refractivity (Wildman–Crippen MR) is 153 cm³/mol. The molecule has 8 atom stereocenters. The van der Waals surface area contributed by atoms with Crippen molar-refractivity contribution in [3.63, 3.8) is 0 Å². The monoisotopic (exact) mass is 550 g/mol. The summed E-state index contributed by atoms with van der Waals surface area (Å²) < 4.78 is 17.7. The minimum atomic E-state index is -1.46. The molecule has 3 rings (SSSR count). The number of ether oxygens (including phenoxy) is 3. The number of hydrogen-bond donors (Lipinski definition) is 4. The highest BCUT2D eigenvalue weighted by Crippen LogP contribution is 2.38. The van der Waals surface area contributed by atoms with Crippen LogP contribution in [0.4, 0.5) is 0 Å². The Bertz CT molecular complexity index is 859. The molecule has 1 saturated heterocycles. The highest BCUT2D eigenvalue weighted by Gasteiger charge is 2.44. The van der Waals surface area contributed by atoms with Gasteiger partial charge in [0.1, 0.15) is 41.5 Å². The van der Waals surface area contributed by atoms with Gasteiger partial charge in [0.2, 0.25) is 6.29 Å². The molecule has 0 saturated carbocycles. The number of benzene rings is 1. The smallest absolute Gasteiger partial charge is 0.229 e. The maximum absolute atomic E-state index is 10.3. The van der Waals surface area contributed by atoms with E-state index in [1.807, 2.05) is 12.1 Å². The minimum absolute atomic E-state index is 0.183. The molecule has 2 aliphatic rings. The molecule has 0 aliphatic carbocycles. The Balaban J connectivity index is 1.41. The van der Waals surface area contributed by atoms with Crippen molar-refractivity contribution >= 4 is 0 Å². The average Bonchev–Trinajstić information content (AvgIpc) is 2.89. The van der Waals surface area contributed by atoms with Crippen LogP contribution >= 0.6 is 0 Å². The van der Waals surface area contributed by atoms with E-state index in [9.17, 15) is 20.4 Å². The van der Waals surface area contributed by atoms with E-state index in [2.05, 4.69) is 34.6 Å². The maximum Gasteiger partial charge on any atom is 0.229 e. The molecule has 0 bridgehead atoms. The van der Waals surface area contributed by atoms with Crippen LogP contribution in [0.2, 0.25) is 0 Å². The highest BCUT2D eigenvalue weighted by atomic mass is 16.7. The number of aliphatic hydroxyl groups is 4. The fourth-order valence-corrected chi connectivity index (χ4v) is 5.92. The molecule has 7 heteroatoms. The van der Waals surface area contributed by atoms with E-state index in [0.29, 0.717) is 5.75 Å². The average molecular weight is 551 g/mol. The van der Waals surface area contributed by atoms with E-state index in [1.54, 1.807) is 6.07 Å². The van der Waals surface area contributed by atoms with Crippen LogP contribution in [0.5, 0.6) is 11.5 Å². The largest absolute Gasteiger partial charge is 0.487 e. The molecule has 2 aliphatic heterocycles. The molecule has 4 N–H and O–H groups in total. The summed E-state index contributed by atoms with van der Waals surface area (Å²) in [6.45, 7) is 11.1. The van der Waals surface area contributed by atoms with Gasteiger partial charge in [-0.25, -0.2) is 0 Å². The van der Waals surface area contributed by atoms with Gasteiger partial charge in [0.05, 0.1) is 6.61 Å². The molecule has 1 aromatic carbocycles. The van der Waals surface area contributed by atoms with E-state index in [-0.39, 0.29) is 5.60 Å². The summed E-state index contributed by atoms with van der Waals surface area (Å²) in [5, 5.41) is 39.6. The molecular formula is C32H54O7. The summed E-state index contributed by atoms with van der Waals surface area (Å²) in [5.74, 6) is 3.73. The Kier molecular flexibility index (Phi) is 12.4. The fraction of sp³-hybridized carbons (Fsp3) is 0.812. The zero-order chi connectivity index (χ0) is 28.6. The van der Waals surface area contributed by atoms with Crippen LogP contribution in [0, 0.1) is 17.8 Å². The van der Waals surface area contributed by atoms with Gasteiger partial charge in [0, 0.05) is 0 Å². The summed E-state index contributed by atoms with van der Waals surface area (Å²) in [7, 11) is 0. The van der Waals surface area contributed by atoms with Crippen LogP contribution in [0.25, 0.3) is 0 Å². The molecule has 0 unspecified atom stereocenters. The second-order valence-corrected chi connectivity index (χ2v) is 13.0. The summed E-state index contributed by atoms with van der Waals surface area (Å²) >= 11 is 0. The van der Waals surface area contributed by atoms with Crippen molar-refractivity contribution in [3.05, 3.63) is 23.8 Å². The molecule has 0 spiro atoms. The van der Waals surface area contributed by atoms with Gasteiger partial charge in [-0.3, -0.25) is 0 Å². The van der Waals surface area contributed by atoms with E-state index < -0.39 is 37.3 Å². The standard InChI is InChI=1S/C32H54O7/c1-21(2)9-6-10-22(3)11-7-12-23(4)13-8-17-32(5)18-16-24-19-25(14-15-26(24)39-32)37-31-30(36)29(35)28(34)27(20-33)38-31/h14-15,19,21-23,27-31,33-36H,6-13,16-18,20H2,1-5H3/t22-,23-,27-,28-,29+,30+,31+,32-/m1/s1. The number of aryl methyl sites for hydroxylation is 1. The summed E-state index contributed by atoms with van der Waals surface area (Å²) in [6.07, 6.45) is 6.80. The zero-order valence-electron chi connectivity index (χ0n) is 24.8. The van der Waals surface area contributed by atoms with Crippen molar-refractivity contribution in [3.8, 4) is 11.5 Å². The first-order valence-corrected chi connectivity index (χ1v) is 15.3. The molecule has 1 aromatic rings. The lowest BCUT2D eigenvalue weighted by atomic mass is 9.86. The van der Waals surface area contributed by atoms with Crippen LogP contribution in [0.3, 0.4) is 0 Å². The van der Waals surface area contributed by atoms with Crippen molar-refractivity contribution in [2.75, 3.05) is 6.61 Å². The number of aliphatic hydroxyl groups excluding tert-OH is 4. The van der Waals surface area contributed by atoms with E-state index in [1.165, 1.54) is 44.9 Å². The third-order valence-electron chi connectivity index (χ3n) is 8.69. The van der Waals surface area contributed by atoms with Gasteiger partial charge in [-0.1, -0.05) is 72.6 Å². The van der Waals surface area contributed by atoms with Gasteiger partial charge >= 0.3 is 0 Å². The van der Waals surface area contributed by atoms with Crippen LogP contribution in [0.15, 0.2) is 18.2 Å². The number of rotatable bonds is 15. The van der Waals surface area contributed by atoms with Crippen molar-refractivity contribution < 1.29 is 34.6 Å². The third-order valence-corrected chi connectivity index (χ3v) is 8.69. The molecule has 1 fully saturated rings. The zero-order valence-corrected chi connectivity index (χ0v) is 24.8.